The fourth-order valence-corrected chi connectivity index (χ4v) is 4.67. The number of carbonyl (C=O) groups excluding carboxylic acids is 2. The number of benzene rings is 1. The maximum absolute atomic E-state index is 12.8. The Morgan fingerprint density at radius 1 is 1.07 bits per heavy atom. The summed E-state index contributed by atoms with van der Waals surface area (Å²) in [5.41, 5.74) is 0.517. The lowest BCUT2D eigenvalue weighted by Gasteiger charge is -2.34. The topological polar surface area (TPSA) is 75.6 Å². The summed E-state index contributed by atoms with van der Waals surface area (Å²) in [6.07, 6.45) is 0. The number of aromatic nitrogens is 2. The van der Waals surface area contributed by atoms with Crippen LogP contribution in [0.15, 0.2) is 41.8 Å². The molecule has 2 aromatic heterocycles. The van der Waals surface area contributed by atoms with E-state index in [9.17, 15) is 9.59 Å². The molecule has 1 amide bonds. The summed E-state index contributed by atoms with van der Waals surface area (Å²) in [7, 11) is 0. The molecular formula is C19H18N4O3S2. The average Bonchev–Trinajstić information content (AvgIpc) is 3.39. The lowest BCUT2D eigenvalue weighted by atomic mass is 10.1. The van der Waals surface area contributed by atoms with Crippen molar-refractivity contribution in [1.82, 2.24) is 15.1 Å². The highest BCUT2D eigenvalue weighted by Crippen LogP contribution is 2.32. The van der Waals surface area contributed by atoms with Gasteiger partial charge in [0.25, 0.3) is 5.91 Å². The number of esters is 1. The van der Waals surface area contributed by atoms with Gasteiger partial charge in [0.1, 0.15) is 5.75 Å². The van der Waals surface area contributed by atoms with Crippen LogP contribution in [0.25, 0.3) is 9.88 Å². The summed E-state index contributed by atoms with van der Waals surface area (Å²) in [6, 6.07) is 10.8. The van der Waals surface area contributed by atoms with Gasteiger partial charge in [-0.2, -0.15) is 0 Å². The van der Waals surface area contributed by atoms with Crippen molar-refractivity contribution in [3.05, 3.63) is 47.3 Å². The summed E-state index contributed by atoms with van der Waals surface area (Å²) in [4.78, 5) is 29.0. The molecular weight excluding hydrogens is 396 g/mol. The Hall–Kier alpha value is -2.78. The molecule has 0 N–H and O–H groups in total. The Balaban J connectivity index is 1.39. The van der Waals surface area contributed by atoms with Gasteiger partial charge in [-0.05, 0) is 29.6 Å². The number of amides is 1. The third-order valence-corrected chi connectivity index (χ3v) is 6.35. The molecule has 0 spiro atoms. The largest absolute Gasteiger partial charge is 0.427 e. The minimum absolute atomic E-state index is 0.0646. The SMILES string of the molecule is CC(=O)Oc1cccc(C(=O)N2CCN(c3nnc(-c4cccs4)s3)CC2)c1. The maximum Gasteiger partial charge on any atom is 0.308 e. The van der Waals surface area contributed by atoms with Gasteiger partial charge in [-0.1, -0.05) is 23.5 Å². The van der Waals surface area contributed by atoms with E-state index in [4.69, 9.17) is 4.74 Å². The van der Waals surface area contributed by atoms with Gasteiger partial charge in [-0.25, -0.2) is 0 Å². The van der Waals surface area contributed by atoms with E-state index in [1.54, 1.807) is 46.9 Å². The van der Waals surface area contributed by atoms with Crippen molar-refractivity contribution in [2.45, 2.75) is 6.92 Å². The Morgan fingerprint density at radius 3 is 2.61 bits per heavy atom. The Bertz CT molecular complexity index is 979. The van der Waals surface area contributed by atoms with Crippen LogP contribution in [0.4, 0.5) is 5.13 Å². The van der Waals surface area contributed by atoms with Crippen molar-refractivity contribution in [3.8, 4) is 15.6 Å². The molecule has 1 aliphatic heterocycles. The van der Waals surface area contributed by atoms with Crippen molar-refractivity contribution in [3.63, 3.8) is 0 Å². The molecule has 3 aromatic rings. The van der Waals surface area contributed by atoms with E-state index in [-0.39, 0.29) is 5.91 Å². The van der Waals surface area contributed by atoms with Crippen molar-refractivity contribution < 1.29 is 14.3 Å². The van der Waals surface area contributed by atoms with Crippen LogP contribution in [0.1, 0.15) is 17.3 Å². The van der Waals surface area contributed by atoms with Gasteiger partial charge in [0.2, 0.25) is 5.13 Å². The molecule has 0 unspecified atom stereocenters. The van der Waals surface area contributed by atoms with Gasteiger partial charge in [-0.15, -0.1) is 21.5 Å². The monoisotopic (exact) mass is 414 g/mol. The standard InChI is InChI=1S/C19H18N4O3S2/c1-13(24)26-15-5-2-4-14(12-15)18(25)22-7-9-23(10-8-22)19-21-20-17(28-19)16-6-3-11-27-16/h2-6,11-12H,7-10H2,1H3. The lowest BCUT2D eigenvalue weighted by Crippen LogP contribution is -2.48. The molecule has 1 fully saturated rings. The smallest absolute Gasteiger partial charge is 0.308 e. The first-order valence-electron chi connectivity index (χ1n) is 8.80. The third-order valence-electron chi connectivity index (χ3n) is 4.33. The van der Waals surface area contributed by atoms with Gasteiger partial charge < -0.3 is 14.5 Å². The number of hydrogen-bond donors (Lipinski definition) is 0. The van der Waals surface area contributed by atoms with E-state index >= 15 is 0 Å². The van der Waals surface area contributed by atoms with Crippen molar-refractivity contribution in [1.29, 1.82) is 0 Å². The van der Waals surface area contributed by atoms with Gasteiger partial charge in [-0.3, -0.25) is 9.59 Å². The van der Waals surface area contributed by atoms with Gasteiger partial charge >= 0.3 is 5.97 Å². The number of carbonyl (C=O) groups is 2. The summed E-state index contributed by atoms with van der Waals surface area (Å²) in [6.45, 7) is 3.95. The summed E-state index contributed by atoms with van der Waals surface area (Å²) < 4.78 is 5.07. The minimum Gasteiger partial charge on any atom is -0.427 e. The molecule has 0 atom stereocenters. The molecule has 0 aliphatic carbocycles. The van der Waals surface area contributed by atoms with Crippen LogP contribution in [-0.4, -0.2) is 53.2 Å². The highest BCUT2D eigenvalue weighted by atomic mass is 32.1. The first-order valence-corrected chi connectivity index (χ1v) is 10.5. The second-order valence-corrected chi connectivity index (χ2v) is 8.17. The molecule has 144 valence electrons. The van der Waals surface area contributed by atoms with Crippen LogP contribution in [0.2, 0.25) is 0 Å². The molecule has 0 saturated carbocycles. The van der Waals surface area contributed by atoms with E-state index in [2.05, 4.69) is 15.1 Å². The van der Waals surface area contributed by atoms with Crippen LogP contribution in [0.5, 0.6) is 5.75 Å². The Kier molecular flexibility index (Phi) is 5.36. The first kappa shape index (κ1) is 18.6. The van der Waals surface area contributed by atoms with Crippen LogP contribution in [-0.2, 0) is 4.79 Å². The number of nitrogens with zero attached hydrogens (tertiary/aromatic N) is 4. The van der Waals surface area contributed by atoms with E-state index < -0.39 is 5.97 Å². The minimum atomic E-state index is -0.405. The number of hydrogen-bond acceptors (Lipinski definition) is 8. The van der Waals surface area contributed by atoms with Crippen LogP contribution in [0, 0.1) is 0 Å². The fraction of sp³-hybridized carbons (Fsp3) is 0.263. The number of rotatable bonds is 4. The normalized spacial score (nSPS) is 14.2. The number of thiophene rings is 1. The van der Waals surface area contributed by atoms with Gasteiger partial charge in [0.15, 0.2) is 5.01 Å². The van der Waals surface area contributed by atoms with Gasteiger partial charge in [0.05, 0.1) is 4.88 Å². The first-order chi connectivity index (χ1) is 13.6. The van der Waals surface area contributed by atoms with Crippen LogP contribution < -0.4 is 9.64 Å². The highest BCUT2D eigenvalue weighted by Gasteiger charge is 2.24. The Labute approximate surface area is 170 Å². The van der Waals surface area contributed by atoms with Crippen LogP contribution >= 0.6 is 22.7 Å². The van der Waals surface area contributed by atoms with E-state index in [1.165, 1.54) is 6.92 Å². The zero-order valence-electron chi connectivity index (χ0n) is 15.2. The molecule has 0 bridgehead atoms. The van der Waals surface area contributed by atoms with Crippen molar-refractivity contribution >= 4 is 39.7 Å². The van der Waals surface area contributed by atoms with Crippen molar-refractivity contribution in [2.24, 2.45) is 0 Å². The maximum atomic E-state index is 12.8. The number of piperazine rings is 1. The van der Waals surface area contributed by atoms with Crippen molar-refractivity contribution in [2.75, 3.05) is 31.1 Å². The summed E-state index contributed by atoms with van der Waals surface area (Å²) in [5, 5.41) is 12.4. The molecule has 0 radical (unpaired) electrons. The Morgan fingerprint density at radius 2 is 1.89 bits per heavy atom. The zero-order valence-corrected chi connectivity index (χ0v) is 16.8. The molecule has 1 aliphatic rings. The molecule has 9 heteroatoms. The predicted octanol–water partition coefficient (Wildman–Crippen LogP) is 3.15. The second-order valence-electron chi connectivity index (χ2n) is 6.27. The number of anilines is 1. The molecule has 7 nitrogen and oxygen atoms in total. The number of ether oxygens (including phenoxy) is 1. The highest BCUT2D eigenvalue weighted by molar-refractivity contribution is 7.22. The zero-order chi connectivity index (χ0) is 19.5. The van der Waals surface area contributed by atoms with Gasteiger partial charge in [0, 0.05) is 38.7 Å². The fourth-order valence-electron chi connectivity index (χ4n) is 2.99. The molecule has 1 aromatic carbocycles. The van der Waals surface area contributed by atoms with E-state index in [0.29, 0.717) is 37.5 Å². The van der Waals surface area contributed by atoms with E-state index in [1.807, 2.05) is 22.4 Å². The third kappa shape index (κ3) is 4.05. The lowest BCUT2D eigenvalue weighted by molar-refractivity contribution is -0.131. The molecule has 3 heterocycles. The quantitative estimate of drug-likeness (QED) is 0.482. The molecule has 1 saturated heterocycles. The molecule has 28 heavy (non-hydrogen) atoms. The second kappa shape index (κ2) is 8.07. The predicted molar refractivity (Wildman–Crippen MR) is 109 cm³/mol. The van der Waals surface area contributed by atoms with Crippen LogP contribution in [0.3, 0.4) is 0 Å². The molecule has 4 rings (SSSR count). The average molecular weight is 415 g/mol. The summed E-state index contributed by atoms with van der Waals surface area (Å²) >= 11 is 3.22. The van der Waals surface area contributed by atoms with E-state index in [0.717, 1.165) is 15.0 Å². The summed E-state index contributed by atoms with van der Waals surface area (Å²) in [5.74, 6) is -0.0886.